The van der Waals surface area contributed by atoms with E-state index in [4.69, 9.17) is 4.74 Å². The molecule has 0 bridgehead atoms. The number of anilines is 1. The molecule has 0 aromatic heterocycles. The molecule has 1 unspecified atom stereocenters. The van der Waals surface area contributed by atoms with Crippen LogP contribution in [-0.4, -0.2) is 32.1 Å². The van der Waals surface area contributed by atoms with E-state index < -0.39 is 0 Å². The molecule has 0 fully saturated rings. The Labute approximate surface area is 120 Å². The molecule has 1 atom stereocenters. The van der Waals surface area contributed by atoms with Crippen LogP contribution < -0.4 is 15.0 Å². The van der Waals surface area contributed by atoms with Crippen LogP contribution in [0, 0.1) is 6.92 Å². The second kappa shape index (κ2) is 6.78. The predicted molar refractivity (Wildman–Crippen MR) is 79.4 cm³/mol. The van der Waals surface area contributed by atoms with Crippen LogP contribution in [0.2, 0.25) is 0 Å². The molecule has 106 valence electrons. The highest BCUT2D eigenvalue weighted by atomic mass is 35.5. The topological polar surface area (TPSA) is 41.6 Å². The van der Waals surface area contributed by atoms with Crippen molar-refractivity contribution in [3.63, 3.8) is 0 Å². The second-order valence-corrected chi connectivity index (χ2v) is 4.76. The van der Waals surface area contributed by atoms with E-state index in [0.29, 0.717) is 19.5 Å². The summed E-state index contributed by atoms with van der Waals surface area (Å²) >= 11 is 0. The minimum Gasteiger partial charge on any atom is -0.487 e. The number of benzene rings is 1. The third-order valence-corrected chi connectivity index (χ3v) is 3.06. The van der Waals surface area contributed by atoms with E-state index in [1.165, 1.54) is 0 Å². The fourth-order valence-corrected chi connectivity index (χ4v) is 2.15. The van der Waals surface area contributed by atoms with Crippen LogP contribution in [0.5, 0.6) is 5.75 Å². The molecular formula is C14H21ClN2O2. The Bertz CT molecular complexity index is 451. The number of rotatable bonds is 3. The van der Waals surface area contributed by atoms with E-state index in [1.54, 1.807) is 0 Å². The Morgan fingerprint density at radius 1 is 1.53 bits per heavy atom. The fourth-order valence-electron chi connectivity index (χ4n) is 2.15. The summed E-state index contributed by atoms with van der Waals surface area (Å²) in [7, 11) is 1.85. The van der Waals surface area contributed by atoms with E-state index in [2.05, 4.69) is 5.32 Å². The van der Waals surface area contributed by atoms with Gasteiger partial charge in [-0.25, -0.2) is 0 Å². The molecule has 19 heavy (non-hydrogen) atoms. The summed E-state index contributed by atoms with van der Waals surface area (Å²) in [6, 6.07) is 5.97. The fraction of sp³-hybridized carbons (Fsp3) is 0.500. The molecule has 1 N–H and O–H groups in total. The smallest absolute Gasteiger partial charge is 0.228 e. The van der Waals surface area contributed by atoms with Crippen LogP contribution >= 0.6 is 12.4 Å². The van der Waals surface area contributed by atoms with Gasteiger partial charge in [-0.15, -0.1) is 12.4 Å². The molecule has 2 rings (SSSR count). The van der Waals surface area contributed by atoms with Gasteiger partial charge in [-0.05, 0) is 38.6 Å². The summed E-state index contributed by atoms with van der Waals surface area (Å²) in [5.41, 5.74) is 2.03. The maximum absolute atomic E-state index is 12.2. The van der Waals surface area contributed by atoms with Gasteiger partial charge in [-0.2, -0.15) is 0 Å². The van der Waals surface area contributed by atoms with E-state index >= 15 is 0 Å². The number of carbonyl (C=O) groups is 1. The number of hydrogen-bond donors (Lipinski definition) is 1. The number of hydrogen-bond acceptors (Lipinski definition) is 3. The van der Waals surface area contributed by atoms with Gasteiger partial charge in [-0.1, -0.05) is 6.07 Å². The molecule has 1 heterocycles. The lowest BCUT2D eigenvalue weighted by molar-refractivity contribution is -0.119. The van der Waals surface area contributed by atoms with Crippen molar-refractivity contribution >= 4 is 24.0 Å². The van der Waals surface area contributed by atoms with E-state index in [-0.39, 0.29) is 24.4 Å². The van der Waals surface area contributed by atoms with Gasteiger partial charge >= 0.3 is 0 Å². The minimum absolute atomic E-state index is 0. The highest BCUT2D eigenvalue weighted by molar-refractivity contribution is 5.95. The summed E-state index contributed by atoms with van der Waals surface area (Å²) < 4.78 is 5.79. The predicted octanol–water partition coefficient (Wildman–Crippen LogP) is 2.14. The number of carbonyl (C=O) groups excluding carboxylic acids is 1. The number of nitrogens with one attached hydrogen (secondary N) is 1. The van der Waals surface area contributed by atoms with Gasteiger partial charge in [0, 0.05) is 13.0 Å². The molecule has 4 nitrogen and oxygen atoms in total. The summed E-state index contributed by atoms with van der Waals surface area (Å²) in [5, 5.41) is 3.00. The van der Waals surface area contributed by atoms with Gasteiger partial charge in [-0.3, -0.25) is 4.79 Å². The molecule has 0 radical (unpaired) electrons. The molecule has 0 saturated carbocycles. The Kier molecular flexibility index (Phi) is 5.63. The maximum atomic E-state index is 12.2. The quantitative estimate of drug-likeness (QED) is 0.925. The normalized spacial score (nSPS) is 17.2. The average Bonchev–Trinajstić information content (AvgIpc) is 2.34. The second-order valence-electron chi connectivity index (χ2n) is 4.76. The summed E-state index contributed by atoms with van der Waals surface area (Å²) in [6.07, 6.45) is 0.550. The number of amides is 1. The van der Waals surface area contributed by atoms with Crippen molar-refractivity contribution in [1.82, 2.24) is 5.32 Å². The van der Waals surface area contributed by atoms with Crippen molar-refractivity contribution in [2.45, 2.75) is 26.4 Å². The first kappa shape index (κ1) is 15.8. The number of halogens is 1. The molecule has 1 aromatic carbocycles. The lowest BCUT2D eigenvalue weighted by Crippen LogP contribution is -2.43. The summed E-state index contributed by atoms with van der Waals surface area (Å²) in [5.74, 6) is 0.955. The Morgan fingerprint density at radius 3 is 2.95 bits per heavy atom. The molecule has 1 amide bonds. The molecule has 0 spiro atoms. The van der Waals surface area contributed by atoms with Gasteiger partial charge in [0.2, 0.25) is 5.91 Å². The molecule has 1 aliphatic rings. The average molecular weight is 285 g/mol. The largest absolute Gasteiger partial charge is 0.487 e. The van der Waals surface area contributed by atoms with Crippen molar-refractivity contribution < 1.29 is 9.53 Å². The lowest BCUT2D eigenvalue weighted by atomic mass is 10.1. The number of nitrogens with zero attached hydrogens (tertiary/aromatic N) is 1. The zero-order valence-electron chi connectivity index (χ0n) is 11.6. The van der Waals surface area contributed by atoms with Crippen LogP contribution in [0.3, 0.4) is 0 Å². The third-order valence-electron chi connectivity index (χ3n) is 3.06. The molecule has 1 aromatic rings. The van der Waals surface area contributed by atoms with Gasteiger partial charge in [0.15, 0.2) is 0 Å². The van der Waals surface area contributed by atoms with Crippen LogP contribution in [0.4, 0.5) is 5.69 Å². The first-order chi connectivity index (χ1) is 8.61. The van der Waals surface area contributed by atoms with E-state index in [1.807, 2.05) is 44.0 Å². The third kappa shape index (κ3) is 3.61. The lowest BCUT2D eigenvalue weighted by Gasteiger charge is -2.33. The standard InChI is InChI=1S/C14H20N2O2.ClH/c1-10-4-5-12-13(8-10)18-11(2)9-16(12)14(17)6-7-15-3;/h4-5,8,11,15H,6-7,9H2,1-3H3;1H. The van der Waals surface area contributed by atoms with Crippen molar-refractivity contribution in [1.29, 1.82) is 0 Å². The van der Waals surface area contributed by atoms with Crippen molar-refractivity contribution in [3.8, 4) is 5.75 Å². The van der Waals surface area contributed by atoms with Gasteiger partial charge in [0.05, 0.1) is 12.2 Å². The Hall–Kier alpha value is -1.26. The summed E-state index contributed by atoms with van der Waals surface area (Å²) in [4.78, 5) is 14.0. The molecule has 0 aliphatic carbocycles. The number of fused-ring (bicyclic) bond motifs is 1. The zero-order chi connectivity index (χ0) is 13.1. The summed E-state index contributed by atoms with van der Waals surface area (Å²) in [6.45, 7) is 5.34. The van der Waals surface area contributed by atoms with Crippen LogP contribution in [0.15, 0.2) is 18.2 Å². The van der Waals surface area contributed by atoms with Gasteiger partial charge in [0.25, 0.3) is 0 Å². The Morgan fingerprint density at radius 2 is 2.26 bits per heavy atom. The van der Waals surface area contributed by atoms with Crippen molar-refractivity contribution in [3.05, 3.63) is 23.8 Å². The van der Waals surface area contributed by atoms with Crippen LogP contribution in [-0.2, 0) is 4.79 Å². The zero-order valence-corrected chi connectivity index (χ0v) is 12.4. The first-order valence-electron chi connectivity index (χ1n) is 6.34. The molecule has 5 heteroatoms. The van der Waals surface area contributed by atoms with E-state index in [0.717, 1.165) is 17.0 Å². The van der Waals surface area contributed by atoms with Crippen molar-refractivity contribution in [2.75, 3.05) is 25.0 Å². The van der Waals surface area contributed by atoms with Crippen molar-refractivity contribution in [2.24, 2.45) is 0 Å². The SMILES string of the molecule is CNCCC(=O)N1CC(C)Oc2cc(C)ccc21.Cl. The maximum Gasteiger partial charge on any atom is 0.228 e. The molecule has 0 saturated heterocycles. The first-order valence-corrected chi connectivity index (χ1v) is 6.34. The highest BCUT2D eigenvalue weighted by Gasteiger charge is 2.26. The molecular weight excluding hydrogens is 264 g/mol. The van der Waals surface area contributed by atoms with Crippen LogP contribution in [0.1, 0.15) is 18.9 Å². The number of ether oxygens (including phenoxy) is 1. The monoisotopic (exact) mass is 284 g/mol. The van der Waals surface area contributed by atoms with Gasteiger partial charge in [0.1, 0.15) is 11.9 Å². The van der Waals surface area contributed by atoms with E-state index in [9.17, 15) is 4.79 Å². The molecule has 1 aliphatic heterocycles. The van der Waals surface area contributed by atoms with Gasteiger partial charge < -0.3 is 15.0 Å². The van der Waals surface area contributed by atoms with Crippen LogP contribution in [0.25, 0.3) is 0 Å². The Balaban J connectivity index is 0.00000180. The minimum atomic E-state index is 0. The number of aryl methyl sites for hydroxylation is 1. The highest BCUT2D eigenvalue weighted by Crippen LogP contribution is 2.34.